The van der Waals surface area contributed by atoms with Gasteiger partial charge in [0.1, 0.15) is 5.84 Å². The van der Waals surface area contributed by atoms with Crippen LogP contribution in [-0.2, 0) is 6.18 Å². The number of hydrogen-bond acceptors (Lipinski definition) is 2. The van der Waals surface area contributed by atoms with E-state index < -0.39 is 11.7 Å². The molecule has 8 heteroatoms. The number of rotatable bonds is 2. The Morgan fingerprint density at radius 3 is 2.55 bits per heavy atom. The van der Waals surface area contributed by atoms with Crippen LogP contribution in [0, 0.1) is 12.3 Å². The van der Waals surface area contributed by atoms with Crippen LogP contribution in [0.1, 0.15) is 16.8 Å². The number of nitrogens with zero attached hydrogens (tertiary/aromatic N) is 2. The fraction of sp³-hybridized carbons (Fsp3) is 0.167. The second-order valence-corrected chi connectivity index (χ2v) is 4.54. The molecule has 0 aliphatic rings. The standard InChI is InChI=1S/C12H10ClF3N4/c1-6-8(11(17)18)5-19-20(6)7-2-3-10(13)9(4-7)12(14,15)16/h2-5H,1H3,(H3,17,18). The van der Waals surface area contributed by atoms with E-state index in [1.807, 2.05) is 0 Å². The summed E-state index contributed by atoms with van der Waals surface area (Å²) in [5.41, 5.74) is 5.47. The molecule has 0 radical (unpaired) electrons. The van der Waals surface area contributed by atoms with Gasteiger partial charge in [0, 0.05) is 0 Å². The van der Waals surface area contributed by atoms with Crippen molar-refractivity contribution in [3.8, 4) is 5.69 Å². The quantitative estimate of drug-likeness (QED) is 0.661. The van der Waals surface area contributed by atoms with E-state index >= 15 is 0 Å². The third kappa shape index (κ3) is 2.49. The van der Waals surface area contributed by atoms with E-state index in [-0.39, 0.29) is 16.5 Å². The molecular formula is C12H10ClF3N4. The van der Waals surface area contributed by atoms with Gasteiger partial charge in [0.2, 0.25) is 0 Å². The van der Waals surface area contributed by atoms with Gasteiger partial charge in [0.25, 0.3) is 0 Å². The summed E-state index contributed by atoms with van der Waals surface area (Å²) < 4.78 is 39.7. The molecule has 0 bridgehead atoms. The molecule has 0 aliphatic carbocycles. The maximum Gasteiger partial charge on any atom is 0.417 e. The fourth-order valence-electron chi connectivity index (χ4n) is 1.80. The largest absolute Gasteiger partial charge is 0.417 e. The Morgan fingerprint density at radius 1 is 1.40 bits per heavy atom. The highest BCUT2D eigenvalue weighted by Crippen LogP contribution is 2.35. The van der Waals surface area contributed by atoms with Gasteiger partial charge in [-0.1, -0.05) is 11.6 Å². The molecule has 3 N–H and O–H groups in total. The monoisotopic (exact) mass is 302 g/mol. The first-order valence-corrected chi connectivity index (χ1v) is 5.85. The van der Waals surface area contributed by atoms with Gasteiger partial charge in [-0.25, -0.2) is 4.68 Å². The van der Waals surface area contributed by atoms with Gasteiger partial charge in [-0.2, -0.15) is 18.3 Å². The molecule has 1 aromatic heterocycles. The predicted octanol–water partition coefficient (Wildman–Crippen LogP) is 3.14. The average Bonchev–Trinajstić information content (AvgIpc) is 2.70. The number of aromatic nitrogens is 2. The lowest BCUT2D eigenvalue weighted by Gasteiger charge is -2.12. The molecule has 0 atom stereocenters. The van der Waals surface area contributed by atoms with Crippen molar-refractivity contribution in [3.63, 3.8) is 0 Å². The fourth-order valence-corrected chi connectivity index (χ4v) is 2.02. The van der Waals surface area contributed by atoms with Gasteiger partial charge in [0.05, 0.1) is 33.7 Å². The number of halogens is 4. The van der Waals surface area contributed by atoms with E-state index in [9.17, 15) is 13.2 Å². The van der Waals surface area contributed by atoms with Crippen LogP contribution in [0.15, 0.2) is 24.4 Å². The number of nitrogen functional groups attached to an aromatic ring is 1. The maximum atomic E-state index is 12.8. The summed E-state index contributed by atoms with van der Waals surface area (Å²) in [6.45, 7) is 1.62. The van der Waals surface area contributed by atoms with Crippen LogP contribution in [0.3, 0.4) is 0 Å². The van der Waals surface area contributed by atoms with Gasteiger partial charge in [-0.15, -0.1) is 0 Å². The third-order valence-electron chi connectivity index (χ3n) is 2.80. The highest BCUT2D eigenvalue weighted by atomic mass is 35.5. The first-order valence-electron chi connectivity index (χ1n) is 5.48. The average molecular weight is 303 g/mol. The molecule has 4 nitrogen and oxygen atoms in total. The Hall–Kier alpha value is -2.02. The molecule has 0 amide bonds. The lowest BCUT2D eigenvalue weighted by molar-refractivity contribution is -0.137. The zero-order chi connectivity index (χ0) is 15.1. The third-order valence-corrected chi connectivity index (χ3v) is 3.13. The van der Waals surface area contributed by atoms with Gasteiger partial charge in [-0.05, 0) is 25.1 Å². The Bertz CT molecular complexity index is 676. The number of amidine groups is 1. The van der Waals surface area contributed by atoms with Crippen LogP contribution < -0.4 is 5.73 Å². The highest BCUT2D eigenvalue weighted by molar-refractivity contribution is 6.31. The van der Waals surface area contributed by atoms with Crippen molar-refractivity contribution in [3.05, 3.63) is 46.2 Å². The Labute approximate surface area is 117 Å². The van der Waals surface area contributed by atoms with E-state index in [4.69, 9.17) is 22.7 Å². The molecule has 1 heterocycles. The van der Waals surface area contributed by atoms with Gasteiger partial charge >= 0.3 is 6.18 Å². The molecule has 106 valence electrons. The number of alkyl halides is 3. The molecule has 1 aromatic carbocycles. The molecule has 0 aliphatic heterocycles. The molecule has 2 aromatic rings. The van der Waals surface area contributed by atoms with E-state index in [0.717, 1.165) is 12.1 Å². The zero-order valence-electron chi connectivity index (χ0n) is 10.3. The summed E-state index contributed by atoms with van der Waals surface area (Å²) in [7, 11) is 0. The molecule has 20 heavy (non-hydrogen) atoms. The van der Waals surface area contributed by atoms with Crippen molar-refractivity contribution >= 4 is 17.4 Å². The van der Waals surface area contributed by atoms with E-state index in [2.05, 4.69) is 5.10 Å². The van der Waals surface area contributed by atoms with Crippen molar-refractivity contribution < 1.29 is 13.2 Å². The second kappa shape index (κ2) is 4.82. The first-order chi connectivity index (χ1) is 9.21. The topological polar surface area (TPSA) is 67.7 Å². The summed E-state index contributed by atoms with van der Waals surface area (Å²) >= 11 is 5.56. The van der Waals surface area contributed by atoms with Crippen molar-refractivity contribution in [2.45, 2.75) is 13.1 Å². The van der Waals surface area contributed by atoms with Crippen LogP contribution in [0.5, 0.6) is 0 Å². The van der Waals surface area contributed by atoms with Crippen LogP contribution >= 0.6 is 11.6 Å². The minimum atomic E-state index is -4.54. The molecule has 0 spiro atoms. The van der Waals surface area contributed by atoms with Crippen LogP contribution in [0.2, 0.25) is 5.02 Å². The van der Waals surface area contributed by atoms with Crippen molar-refractivity contribution in [1.82, 2.24) is 9.78 Å². The van der Waals surface area contributed by atoms with Crippen LogP contribution in [0.25, 0.3) is 5.69 Å². The Kier molecular flexibility index (Phi) is 3.47. The van der Waals surface area contributed by atoms with E-state index in [1.165, 1.54) is 16.9 Å². The van der Waals surface area contributed by atoms with E-state index in [1.54, 1.807) is 6.92 Å². The predicted molar refractivity (Wildman–Crippen MR) is 69.3 cm³/mol. The molecule has 0 fully saturated rings. The normalized spacial score (nSPS) is 11.7. The van der Waals surface area contributed by atoms with Gasteiger partial charge < -0.3 is 5.73 Å². The SMILES string of the molecule is Cc1c(C(=N)N)cnn1-c1ccc(Cl)c(C(F)(F)F)c1. The van der Waals surface area contributed by atoms with E-state index in [0.29, 0.717) is 11.3 Å². The Morgan fingerprint density at radius 2 is 2.05 bits per heavy atom. The zero-order valence-corrected chi connectivity index (χ0v) is 11.0. The Balaban J connectivity index is 2.57. The van der Waals surface area contributed by atoms with Crippen molar-refractivity contribution in [2.75, 3.05) is 0 Å². The minimum Gasteiger partial charge on any atom is -0.384 e. The number of nitrogens with two attached hydrogens (primary N) is 1. The van der Waals surface area contributed by atoms with Gasteiger partial charge in [0.15, 0.2) is 0 Å². The van der Waals surface area contributed by atoms with Crippen molar-refractivity contribution in [2.24, 2.45) is 5.73 Å². The maximum absolute atomic E-state index is 12.8. The highest BCUT2D eigenvalue weighted by Gasteiger charge is 2.33. The minimum absolute atomic E-state index is 0.196. The van der Waals surface area contributed by atoms with Crippen molar-refractivity contribution in [1.29, 1.82) is 5.41 Å². The van der Waals surface area contributed by atoms with Crippen LogP contribution in [-0.4, -0.2) is 15.6 Å². The lowest BCUT2D eigenvalue weighted by atomic mass is 10.2. The van der Waals surface area contributed by atoms with Gasteiger partial charge in [-0.3, -0.25) is 5.41 Å². The molecular weight excluding hydrogens is 293 g/mol. The summed E-state index contributed by atoms with van der Waals surface area (Å²) in [6.07, 6.45) is -3.21. The number of benzene rings is 1. The first kappa shape index (κ1) is 14.4. The summed E-state index contributed by atoms with van der Waals surface area (Å²) in [4.78, 5) is 0. The summed E-state index contributed by atoms with van der Waals surface area (Å²) in [5.74, 6) is -0.196. The molecule has 0 saturated carbocycles. The lowest BCUT2D eigenvalue weighted by Crippen LogP contribution is -2.12. The summed E-state index contributed by atoms with van der Waals surface area (Å²) in [6, 6.07) is 3.49. The summed E-state index contributed by atoms with van der Waals surface area (Å²) in [5, 5.41) is 10.9. The van der Waals surface area contributed by atoms with Crippen LogP contribution in [0.4, 0.5) is 13.2 Å². The smallest absolute Gasteiger partial charge is 0.384 e. The molecule has 0 unspecified atom stereocenters. The number of nitrogens with one attached hydrogen (secondary N) is 1. The molecule has 2 rings (SSSR count). The second-order valence-electron chi connectivity index (χ2n) is 4.13. The molecule has 0 saturated heterocycles. The number of hydrogen-bond donors (Lipinski definition) is 2.